The van der Waals surface area contributed by atoms with Gasteiger partial charge in [-0.25, -0.2) is 4.90 Å². The number of hydrogen-bond acceptors (Lipinski definition) is 3. The predicted molar refractivity (Wildman–Crippen MR) is 118 cm³/mol. The number of carbonyl (C=O) groups is 3. The second-order valence-electron chi connectivity index (χ2n) is 9.10. The van der Waals surface area contributed by atoms with Gasteiger partial charge in [0.1, 0.15) is 0 Å². The molecular weight excluding hydrogens is 412 g/mol. The maximum absolute atomic E-state index is 13.5. The number of rotatable bonds is 3. The van der Waals surface area contributed by atoms with Crippen LogP contribution in [0.25, 0.3) is 0 Å². The third kappa shape index (κ3) is 2.66. The van der Waals surface area contributed by atoms with E-state index in [1.54, 1.807) is 36.4 Å². The second kappa shape index (κ2) is 6.54. The molecule has 156 valence electrons. The SMILES string of the molecule is Cc1ccc(Cl)cc1NC(=O)c1ccccc1N1C(=O)[C@@H]2[C@H]3C=C[C@@H]([C@@H]4C[C@@H]34)[C@H]2C1=O. The number of amides is 3. The minimum Gasteiger partial charge on any atom is -0.322 e. The van der Waals surface area contributed by atoms with E-state index >= 15 is 0 Å². The molecule has 3 fully saturated rings. The summed E-state index contributed by atoms with van der Waals surface area (Å²) < 4.78 is 0. The van der Waals surface area contributed by atoms with E-state index in [2.05, 4.69) is 17.5 Å². The standard InChI is InChI=1S/C25H21ClN2O3/c1-12-6-7-13(26)10-19(12)27-23(29)16-4-2-3-5-20(16)28-24(30)21-14-8-9-15(18-11-17(14)18)22(21)25(28)31/h2-10,14-15,17-18,21-22H,11H2,1H3,(H,27,29)/t14-,15-,17-,18-,21+,22+/m0/s1. The van der Waals surface area contributed by atoms with Gasteiger partial charge in [-0.3, -0.25) is 14.4 Å². The predicted octanol–water partition coefficient (Wildman–Crippen LogP) is 4.46. The lowest BCUT2D eigenvalue weighted by Gasteiger charge is -2.37. The van der Waals surface area contributed by atoms with E-state index in [0.29, 0.717) is 33.8 Å². The fourth-order valence-electron chi connectivity index (χ4n) is 5.97. The first kappa shape index (κ1) is 18.8. The summed E-state index contributed by atoms with van der Waals surface area (Å²) in [4.78, 5) is 41.4. The number of nitrogens with one attached hydrogen (secondary N) is 1. The summed E-state index contributed by atoms with van der Waals surface area (Å²) in [5, 5.41) is 3.40. The first-order chi connectivity index (χ1) is 15.0. The van der Waals surface area contributed by atoms with E-state index in [1.807, 2.05) is 13.0 Å². The summed E-state index contributed by atoms with van der Waals surface area (Å²) in [6.45, 7) is 1.88. The lowest BCUT2D eigenvalue weighted by molar-refractivity contribution is -0.124. The van der Waals surface area contributed by atoms with Gasteiger partial charge in [0.25, 0.3) is 5.91 Å². The van der Waals surface area contributed by atoms with Crippen LogP contribution in [0.3, 0.4) is 0 Å². The number of allylic oxidation sites excluding steroid dienone is 2. The van der Waals surface area contributed by atoms with Gasteiger partial charge in [0.15, 0.2) is 0 Å². The Morgan fingerprint density at radius 2 is 1.65 bits per heavy atom. The Balaban J connectivity index is 1.35. The van der Waals surface area contributed by atoms with Gasteiger partial charge in [0.2, 0.25) is 11.8 Å². The maximum atomic E-state index is 13.5. The van der Waals surface area contributed by atoms with Crippen LogP contribution in [0, 0.1) is 42.4 Å². The lowest BCUT2D eigenvalue weighted by Crippen LogP contribution is -2.40. The van der Waals surface area contributed by atoms with Crippen molar-refractivity contribution < 1.29 is 14.4 Å². The molecule has 0 aromatic heterocycles. The van der Waals surface area contributed by atoms with E-state index in [1.165, 1.54) is 4.90 Å². The van der Waals surface area contributed by atoms with Gasteiger partial charge in [-0.15, -0.1) is 0 Å². The number of nitrogens with zero attached hydrogens (tertiary/aromatic N) is 1. The number of halogens is 1. The third-order valence-corrected chi connectivity index (χ3v) is 7.74. The van der Waals surface area contributed by atoms with E-state index in [0.717, 1.165) is 12.0 Å². The summed E-state index contributed by atoms with van der Waals surface area (Å²) in [7, 11) is 0. The Morgan fingerprint density at radius 3 is 2.32 bits per heavy atom. The molecule has 1 heterocycles. The van der Waals surface area contributed by atoms with Crippen LogP contribution in [0.2, 0.25) is 5.02 Å². The van der Waals surface area contributed by atoms with E-state index in [9.17, 15) is 14.4 Å². The molecule has 1 saturated heterocycles. The van der Waals surface area contributed by atoms with Crippen molar-refractivity contribution >= 4 is 40.7 Å². The molecular formula is C25H21ClN2O3. The molecule has 4 aliphatic carbocycles. The molecule has 3 amide bonds. The number of aryl methyl sites for hydroxylation is 1. The van der Waals surface area contributed by atoms with Crippen molar-refractivity contribution in [3.63, 3.8) is 0 Å². The molecule has 0 radical (unpaired) electrons. The Kier molecular flexibility index (Phi) is 3.97. The molecule has 2 aromatic rings. The van der Waals surface area contributed by atoms with Crippen LogP contribution in [0.15, 0.2) is 54.6 Å². The number of hydrogen-bond donors (Lipinski definition) is 1. The van der Waals surface area contributed by atoms with Gasteiger partial charge in [-0.1, -0.05) is 42.0 Å². The third-order valence-electron chi connectivity index (χ3n) is 7.50. The maximum Gasteiger partial charge on any atom is 0.257 e. The first-order valence-corrected chi connectivity index (χ1v) is 11.1. The summed E-state index contributed by atoms with van der Waals surface area (Å²) in [6, 6.07) is 12.1. The van der Waals surface area contributed by atoms with Crippen molar-refractivity contribution in [2.45, 2.75) is 13.3 Å². The van der Waals surface area contributed by atoms with Crippen molar-refractivity contribution in [3.8, 4) is 0 Å². The zero-order valence-electron chi connectivity index (χ0n) is 16.9. The van der Waals surface area contributed by atoms with Gasteiger partial charge < -0.3 is 5.32 Å². The molecule has 5 aliphatic rings. The number of carbonyl (C=O) groups excluding carboxylic acids is 3. The van der Waals surface area contributed by atoms with Crippen molar-refractivity contribution in [2.24, 2.45) is 35.5 Å². The largest absolute Gasteiger partial charge is 0.322 e. The molecule has 31 heavy (non-hydrogen) atoms. The van der Waals surface area contributed by atoms with E-state index in [4.69, 9.17) is 11.6 Å². The highest BCUT2D eigenvalue weighted by Gasteiger charge is 2.67. The Labute approximate surface area is 185 Å². The second-order valence-corrected chi connectivity index (χ2v) is 9.53. The highest BCUT2D eigenvalue weighted by molar-refractivity contribution is 6.31. The summed E-state index contributed by atoms with van der Waals surface area (Å²) >= 11 is 6.08. The molecule has 1 N–H and O–H groups in total. The Hall–Kier alpha value is -2.92. The van der Waals surface area contributed by atoms with Crippen molar-refractivity contribution in [1.82, 2.24) is 0 Å². The van der Waals surface area contributed by atoms with E-state index < -0.39 is 0 Å². The van der Waals surface area contributed by atoms with Crippen LogP contribution in [0.4, 0.5) is 11.4 Å². The quantitative estimate of drug-likeness (QED) is 0.575. The average Bonchev–Trinajstić information content (AvgIpc) is 3.54. The molecule has 2 saturated carbocycles. The lowest BCUT2D eigenvalue weighted by atomic mass is 9.63. The van der Waals surface area contributed by atoms with Crippen LogP contribution in [0.5, 0.6) is 0 Å². The molecule has 0 unspecified atom stereocenters. The molecule has 7 rings (SSSR count). The number of imide groups is 1. The molecule has 2 aromatic carbocycles. The fraction of sp³-hybridized carbons (Fsp3) is 0.320. The number of para-hydroxylation sites is 1. The first-order valence-electron chi connectivity index (χ1n) is 10.7. The van der Waals surface area contributed by atoms with Crippen molar-refractivity contribution in [1.29, 1.82) is 0 Å². The highest BCUT2D eigenvalue weighted by Crippen LogP contribution is 2.65. The Morgan fingerprint density at radius 1 is 1.00 bits per heavy atom. The average molecular weight is 433 g/mol. The molecule has 6 atom stereocenters. The number of anilines is 2. The van der Waals surface area contributed by atoms with Crippen LogP contribution < -0.4 is 10.2 Å². The summed E-state index contributed by atoms with van der Waals surface area (Å²) in [5.74, 6) is 0.0796. The number of benzene rings is 2. The summed E-state index contributed by atoms with van der Waals surface area (Å²) in [5.41, 5.74) is 2.13. The molecule has 1 aliphatic heterocycles. The van der Waals surface area contributed by atoms with Gasteiger partial charge in [-0.2, -0.15) is 0 Å². The zero-order chi connectivity index (χ0) is 21.4. The van der Waals surface area contributed by atoms with E-state index in [-0.39, 0.29) is 41.4 Å². The molecule has 5 nitrogen and oxygen atoms in total. The van der Waals surface area contributed by atoms with Gasteiger partial charge >= 0.3 is 0 Å². The minimum absolute atomic E-state index is 0.150. The Bertz CT molecular complexity index is 1150. The summed E-state index contributed by atoms with van der Waals surface area (Å²) in [6.07, 6.45) is 5.41. The minimum atomic E-state index is -0.375. The highest BCUT2D eigenvalue weighted by atomic mass is 35.5. The molecule has 0 spiro atoms. The normalized spacial score (nSPS) is 32.1. The fourth-order valence-corrected chi connectivity index (χ4v) is 6.15. The van der Waals surface area contributed by atoms with Crippen molar-refractivity contribution in [2.75, 3.05) is 10.2 Å². The van der Waals surface area contributed by atoms with Gasteiger partial charge in [-0.05, 0) is 66.8 Å². The van der Waals surface area contributed by atoms with Gasteiger partial charge in [0, 0.05) is 10.7 Å². The van der Waals surface area contributed by atoms with Crippen molar-refractivity contribution in [3.05, 3.63) is 70.8 Å². The van der Waals surface area contributed by atoms with Crippen LogP contribution in [0.1, 0.15) is 22.3 Å². The van der Waals surface area contributed by atoms with Gasteiger partial charge in [0.05, 0.1) is 23.1 Å². The molecule has 6 heteroatoms. The molecule has 2 bridgehead atoms. The topological polar surface area (TPSA) is 66.5 Å². The monoisotopic (exact) mass is 432 g/mol. The smallest absolute Gasteiger partial charge is 0.257 e. The zero-order valence-corrected chi connectivity index (χ0v) is 17.7. The van der Waals surface area contributed by atoms with Crippen LogP contribution >= 0.6 is 11.6 Å². The van der Waals surface area contributed by atoms with Crippen LogP contribution in [-0.4, -0.2) is 17.7 Å². The van der Waals surface area contributed by atoms with Crippen LogP contribution in [-0.2, 0) is 9.59 Å².